The van der Waals surface area contributed by atoms with Crippen LogP contribution in [0.1, 0.15) is 74.2 Å². The molecule has 0 aliphatic carbocycles. The minimum absolute atomic E-state index is 0.214. The standard InChI is InChI=1S/C25H32O3S/c1-2-3-4-5-6-7-8-9-18-29-22-14-10-20(11-15-22)12-16-23(26)21-13-17-24(27)25(28)19-21/h10-17,19,27-28H,2-9,18H2,1H3. The lowest BCUT2D eigenvalue weighted by Gasteiger charge is -2.03. The summed E-state index contributed by atoms with van der Waals surface area (Å²) in [5.74, 6) is 0.411. The van der Waals surface area contributed by atoms with Crippen molar-refractivity contribution in [3.8, 4) is 11.5 Å². The normalized spacial score (nSPS) is 11.2. The summed E-state index contributed by atoms with van der Waals surface area (Å²) in [5, 5.41) is 18.8. The van der Waals surface area contributed by atoms with Gasteiger partial charge in [0.1, 0.15) is 0 Å². The predicted molar refractivity (Wildman–Crippen MR) is 123 cm³/mol. The molecule has 0 spiro atoms. The van der Waals surface area contributed by atoms with Crippen LogP contribution in [0.3, 0.4) is 0 Å². The Morgan fingerprint density at radius 3 is 2.17 bits per heavy atom. The van der Waals surface area contributed by atoms with Crippen LogP contribution in [0.25, 0.3) is 6.08 Å². The molecule has 29 heavy (non-hydrogen) atoms. The van der Waals surface area contributed by atoms with Gasteiger partial charge >= 0.3 is 0 Å². The van der Waals surface area contributed by atoms with E-state index in [0.29, 0.717) is 5.56 Å². The van der Waals surface area contributed by atoms with E-state index in [1.54, 1.807) is 6.08 Å². The summed E-state index contributed by atoms with van der Waals surface area (Å²) in [6.45, 7) is 2.25. The lowest BCUT2D eigenvalue weighted by atomic mass is 10.1. The summed E-state index contributed by atoms with van der Waals surface area (Å²) in [5.41, 5.74) is 1.30. The highest BCUT2D eigenvalue weighted by Gasteiger charge is 2.06. The lowest BCUT2D eigenvalue weighted by molar-refractivity contribution is 0.104. The molecule has 2 rings (SSSR count). The average molecular weight is 413 g/mol. The molecule has 0 radical (unpaired) electrons. The summed E-state index contributed by atoms with van der Waals surface area (Å²) in [7, 11) is 0. The largest absolute Gasteiger partial charge is 0.504 e. The summed E-state index contributed by atoms with van der Waals surface area (Å²) >= 11 is 1.88. The molecule has 156 valence electrons. The van der Waals surface area contributed by atoms with Crippen LogP contribution in [0, 0.1) is 0 Å². The maximum atomic E-state index is 12.2. The second-order valence-electron chi connectivity index (χ2n) is 7.29. The van der Waals surface area contributed by atoms with Crippen LogP contribution in [0.4, 0.5) is 0 Å². The molecule has 2 aromatic carbocycles. The Hall–Kier alpha value is -2.20. The molecule has 0 amide bonds. The number of ketones is 1. The van der Waals surface area contributed by atoms with Gasteiger partial charge in [-0.15, -0.1) is 11.8 Å². The average Bonchev–Trinajstić information content (AvgIpc) is 2.73. The van der Waals surface area contributed by atoms with Crippen LogP contribution in [-0.2, 0) is 0 Å². The summed E-state index contributed by atoms with van der Waals surface area (Å²) in [6, 6.07) is 12.3. The molecule has 2 N–H and O–H groups in total. The van der Waals surface area contributed by atoms with Crippen molar-refractivity contribution < 1.29 is 15.0 Å². The van der Waals surface area contributed by atoms with E-state index in [9.17, 15) is 15.0 Å². The molecule has 0 bridgehead atoms. The van der Waals surface area contributed by atoms with Crippen molar-refractivity contribution in [3.63, 3.8) is 0 Å². The minimum atomic E-state index is -0.290. The fourth-order valence-electron chi connectivity index (χ4n) is 3.05. The molecular formula is C25H32O3S. The van der Waals surface area contributed by atoms with Gasteiger partial charge in [-0.25, -0.2) is 0 Å². The fraction of sp³-hybridized carbons (Fsp3) is 0.400. The van der Waals surface area contributed by atoms with E-state index in [1.165, 1.54) is 80.5 Å². The van der Waals surface area contributed by atoms with E-state index in [-0.39, 0.29) is 17.3 Å². The molecule has 3 nitrogen and oxygen atoms in total. The number of carbonyl (C=O) groups is 1. The molecule has 0 fully saturated rings. The number of rotatable bonds is 13. The first-order chi connectivity index (χ1) is 14.1. The molecule has 0 aliphatic heterocycles. The highest BCUT2D eigenvalue weighted by Crippen LogP contribution is 2.25. The van der Waals surface area contributed by atoms with Gasteiger partial charge in [-0.05, 0) is 54.1 Å². The number of allylic oxidation sites excluding steroid dienone is 1. The highest BCUT2D eigenvalue weighted by molar-refractivity contribution is 7.99. The van der Waals surface area contributed by atoms with Crippen LogP contribution < -0.4 is 0 Å². The zero-order valence-corrected chi connectivity index (χ0v) is 18.1. The number of unbranched alkanes of at least 4 members (excludes halogenated alkanes) is 7. The third-order valence-electron chi connectivity index (χ3n) is 4.83. The van der Waals surface area contributed by atoms with Crippen LogP contribution in [0.15, 0.2) is 53.4 Å². The highest BCUT2D eigenvalue weighted by atomic mass is 32.2. The first-order valence-electron chi connectivity index (χ1n) is 10.6. The molecule has 0 saturated carbocycles. The van der Waals surface area contributed by atoms with Crippen molar-refractivity contribution in [1.29, 1.82) is 0 Å². The van der Waals surface area contributed by atoms with E-state index in [1.807, 2.05) is 23.9 Å². The Morgan fingerprint density at radius 1 is 0.862 bits per heavy atom. The Kier molecular flexibility index (Phi) is 10.4. The first-order valence-corrected chi connectivity index (χ1v) is 11.6. The third-order valence-corrected chi connectivity index (χ3v) is 5.93. The number of hydrogen-bond donors (Lipinski definition) is 2. The molecule has 0 saturated heterocycles. The molecule has 0 aromatic heterocycles. The topological polar surface area (TPSA) is 57.5 Å². The number of phenolic OH excluding ortho intramolecular Hbond substituents is 2. The number of benzene rings is 2. The van der Waals surface area contributed by atoms with Gasteiger partial charge in [-0.1, -0.05) is 70.1 Å². The van der Waals surface area contributed by atoms with Gasteiger partial charge in [0, 0.05) is 10.5 Å². The van der Waals surface area contributed by atoms with E-state index >= 15 is 0 Å². The van der Waals surface area contributed by atoms with Crippen molar-refractivity contribution in [1.82, 2.24) is 0 Å². The Bertz CT molecular complexity index is 781. The van der Waals surface area contributed by atoms with Gasteiger partial charge in [-0.3, -0.25) is 4.79 Å². The zero-order chi connectivity index (χ0) is 20.9. The maximum absolute atomic E-state index is 12.2. The Morgan fingerprint density at radius 2 is 1.52 bits per heavy atom. The molecule has 2 aromatic rings. The number of aromatic hydroxyl groups is 2. The quantitative estimate of drug-likeness (QED) is 0.120. The van der Waals surface area contributed by atoms with Gasteiger partial charge in [0.05, 0.1) is 0 Å². The van der Waals surface area contributed by atoms with Gasteiger partial charge in [0.15, 0.2) is 17.3 Å². The summed E-state index contributed by atoms with van der Waals surface area (Å²) in [4.78, 5) is 13.4. The number of phenols is 2. The van der Waals surface area contributed by atoms with E-state index in [2.05, 4.69) is 19.1 Å². The zero-order valence-electron chi connectivity index (χ0n) is 17.3. The fourth-order valence-corrected chi connectivity index (χ4v) is 3.96. The SMILES string of the molecule is CCCCCCCCCCSc1ccc(C=CC(=O)c2ccc(O)c(O)c2)cc1. The van der Waals surface area contributed by atoms with Crippen molar-refractivity contribution in [2.75, 3.05) is 5.75 Å². The van der Waals surface area contributed by atoms with Crippen molar-refractivity contribution >= 4 is 23.6 Å². The second kappa shape index (κ2) is 13.1. The monoisotopic (exact) mass is 412 g/mol. The van der Waals surface area contributed by atoms with E-state index < -0.39 is 0 Å². The van der Waals surface area contributed by atoms with Gasteiger partial charge < -0.3 is 10.2 Å². The third kappa shape index (κ3) is 8.78. The lowest BCUT2D eigenvalue weighted by Crippen LogP contribution is -1.93. The van der Waals surface area contributed by atoms with E-state index in [0.717, 1.165) is 11.3 Å². The van der Waals surface area contributed by atoms with Crippen molar-refractivity contribution in [2.24, 2.45) is 0 Å². The molecular weight excluding hydrogens is 380 g/mol. The minimum Gasteiger partial charge on any atom is -0.504 e. The van der Waals surface area contributed by atoms with Gasteiger partial charge in [0.2, 0.25) is 0 Å². The smallest absolute Gasteiger partial charge is 0.185 e. The van der Waals surface area contributed by atoms with Crippen molar-refractivity contribution in [2.45, 2.75) is 63.2 Å². The number of carbonyl (C=O) groups excluding carboxylic acids is 1. The molecule has 0 aliphatic rings. The van der Waals surface area contributed by atoms with E-state index in [4.69, 9.17) is 0 Å². The molecule has 0 heterocycles. The van der Waals surface area contributed by atoms with Crippen molar-refractivity contribution in [3.05, 3.63) is 59.7 Å². The first kappa shape index (κ1) is 23.1. The Balaban J connectivity index is 1.69. The van der Waals surface area contributed by atoms with Gasteiger partial charge in [0.25, 0.3) is 0 Å². The summed E-state index contributed by atoms with van der Waals surface area (Å²) in [6.07, 6.45) is 14.0. The molecule has 0 unspecified atom stereocenters. The number of thioether (sulfide) groups is 1. The van der Waals surface area contributed by atoms with Crippen LogP contribution in [0.2, 0.25) is 0 Å². The van der Waals surface area contributed by atoms with Gasteiger partial charge in [-0.2, -0.15) is 0 Å². The Labute approximate surface area is 178 Å². The summed E-state index contributed by atoms with van der Waals surface area (Å²) < 4.78 is 0. The number of hydrogen-bond acceptors (Lipinski definition) is 4. The van der Waals surface area contributed by atoms with Crippen LogP contribution >= 0.6 is 11.8 Å². The maximum Gasteiger partial charge on any atom is 0.185 e. The second-order valence-corrected chi connectivity index (χ2v) is 8.46. The molecule has 0 atom stereocenters. The van der Waals surface area contributed by atoms with Crippen LogP contribution in [-0.4, -0.2) is 21.7 Å². The van der Waals surface area contributed by atoms with Crippen LogP contribution in [0.5, 0.6) is 11.5 Å². The molecule has 4 heteroatoms. The predicted octanol–water partition coefficient (Wildman–Crippen LogP) is 7.23.